The monoisotopic (exact) mass is 422 g/mol. The predicted molar refractivity (Wildman–Crippen MR) is 122 cm³/mol. The second-order valence-corrected chi connectivity index (χ2v) is 11.1. The van der Waals surface area contributed by atoms with E-state index in [1.165, 1.54) is 12.0 Å². The van der Waals surface area contributed by atoms with Gasteiger partial charge in [0.2, 0.25) is 0 Å². The van der Waals surface area contributed by atoms with Gasteiger partial charge in [-0.25, -0.2) is 0 Å². The van der Waals surface area contributed by atoms with E-state index in [9.17, 15) is 15.3 Å². The van der Waals surface area contributed by atoms with Gasteiger partial charge in [-0.2, -0.15) is 0 Å². The maximum Gasteiger partial charge on any atom is 0.0602 e. The van der Waals surface area contributed by atoms with Crippen LogP contribution in [0.1, 0.15) is 112 Å². The molecule has 30 heavy (non-hydrogen) atoms. The molecule has 3 nitrogen and oxygen atoms in total. The Hall–Kier alpha value is -0.640. The zero-order chi connectivity index (χ0) is 26.6. The summed E-state index contributed by atoms with van der Waals surface area (Å²) in [7, 11) is 0. The molecule has 0 amide bonds. The first-order valence-electron chi connectivity index (χ1n) is 15.1. The lowest BCUT2D eigenvalue weighted by Gasteiger charge is -2.45. The summed E-state index contributed by atoms with van der Waals surface area (Å²) in [6.07, 6.45) is 14.0. The minimum Gasteiger partial charge on any atom is -0.393 e. The van der Waals surface area contributed by atoms with E-state index in [1.807, 2.05) is 0 Å². The highest BCUT2D eigenvalue weighted by molar-refractivity contribution is 5.27. The Kier molecular flexibility index (Phi) is 4.48. The average Bonchev–Trinajstić information content (AvgIpc) is 3.42. The molecule has 0 bridgehead atoms. The third-order valence-electron chi connectivity index (χ3n) is 8.88. The fraction of sp³-hybridized carbons (Fsp3) is 0.852. The highest BCUT2D eigenvalue weighted by Crippen LogP contribution is 2.70. The molecule has 3 unspecified atom stereocenters. The molecule has 170 valence electrons. The Morgan fingerprint density at radius 1 is 1.10 bits per heavy atom. The van der Waals surface area contributed by atoms with Crippen molar-refractivity contribution in [1.82, 2.24) is 0 Å². The van der Waals surface area contributed by atoms with Crippen molar-refractivity contribution in [2.24, 2.45) is 22.7 Å². The molecule has 3 heteroatoms. The molecule has 3 N–H and O–H groups in total. The molecule has 5 atom stereocenters. The number of aliphatic hydroxyl groups excluding tert-OH is 2. The zero-order valence-electron chi connectivity index (χ0n) is 24.5. The van der Waals surface area contributed by atoms with Crippen LogP contribution in [0.25, 0.3) is 0 Å². The summed E-state index contributed by atoms with van der Waals surface area (Å²) in [5.74, 6) is 1.03. The number of fused-ring (bicyclic) bond motifs is 1. The molecule has 0 heterocycles. The van der Waals surface area contributed by atoms with Gasteiger partial charge in [0, 0.05) is 8.22 Å². The third kappa shape index (κ3) is 4.74. The van der Waals surface area contributed by atoms with E-state index < -0.39 is 31.5 Å². The molecule has 0 radical (unpaired) electrons. The van der Waals surface area contributed by atoms with Crippen molar-refractivity contribution < 1.29 is 23.5 Å². The molecule has 4 aliphatic carbocycles. The van der Waals surface area contributed by atoms with Crippen LogP contribution in [-0.4, -0.2) is 33.1 Å². The molecule has 4 saturated carbocycles. The van der Waals surface area contributed by atoms with E-state index in [-0.39, 0.29) is 17.3 Å². The van der Waals surface area contributed by atoms with Crippen LogP contribution in [0.3, 0.4) is 0 Å². The highest BCUT2D eigenvalue weighted by Gasteiger charge is 2.60. The second-order valence-electron chi connectivity index (χ2n) is 11.1. The molecule has 0 aromatic heterocycles. The molecular formula is C27H44O3. The standard InChI is InChI=1S/C27H44O3/c1-25(2,30)11-5-13-27(14-15-27)24-10-9-23-20(6-4-12-26(23,24)3)8-7-19-16-21(28)18-22(29)17-19/h7-8,21-24,28-30H,4-6,9-18H2,1-3H3/b19-7-,20-8+/t21?,22-,23?,24?,26+/m1/s1/i1D3,2D3. The Labute approximate surface area is 192 Å². The van der Waals surface area contributed by atoms with E-state index in [2.05, 4.69) is 19.1 Å². The van der Waals surface area contributed by atoms with Crippen molar-refractivity contribution in [3.05, 3.63) is 23.3 Å². The van der Waals surface area contributed by atoms with Gasteiger partial charge in [0.1, 0.15) is 0 Å². The van der Waals surface area contributed by atoms with Crippen molar-refractivity contribution in [1.29, 1.82) is 0 Å². The van der Waals surface area contributed by atoms with Crippen molar-refractivity contribution in [2.75, 3.05) is 0 Å². The van der Waals surface area contributed by atoms with E-state index in [0.717, 1.165) is 50.5 Å². The molecule has 0 aromatic carbocycles. The number of aliphatic hydroxyl groups is 3. The minimum atomic E-state index is -2.94. The minimum absolute atomic E-state index is 0.131. The molecule has 0 aromatic rings. The van der Waals surface area contributed by atoms with Crippen LogP contribution in [0.2, 0.25) is 0 Å². The summed E-state index contributed by atoms with van der Waals surface area (Å²) >= 11 is 0. The quantitative estimate of drug-likeness (QED) is 0.516. The predicted octanol–water partition coefficient (Wildman–Crippen LogP) is 5.68. The van der Waals surface area contributed by atoms with Crippen LogP contribution in [0.4, 0.5) is 0 Å². The van der Waals surface area contributed by atoms with Gasteiger partial charge < -0.3 is 15.3 Å². The number of rotatable bonds is 6. The van der Waals surface area contributed by atoms with Crippen LogP contribution < -0.4 is 0 Å². The number of allylic oxidation sites excluding steroid dienone is 3. The van der Waals surface area contributed by atoms with E-state index >= 15 is 0 Å². The first-order valence-corrected chi connectivity index (χ1v) is 12.1. The van der Waals surface area contributed by atoms with Gasteiger partial charge in [-0.05, 0) is 113 Å². The Bertz CT molecular complexity index is 846. The molecular weight excluding hydrogens is 372 g/mol. The SMILES string of the molecule is [2H]C([2H])([2H])C(O)(CCCC1(C2CCC3/C(=C/C=C4/CC(O)C[C@H](O)C4)CCC[C@@]32C)CC1)C([2H])([2H])[2H]. The van der Waals surface area contributed by atoms with Crippen molar-refractivity contribution >= 4 is 0 Å². The van der Waals surface area contributed by atoms with Gasteiger partial charge in [0.05, 0.1) is 17.8 Å². The second kappa shape index (κ2) is 8.37. The lowest BCUT2D eigenvalue weighted by molar-refractivity contribution is 0.0520. The van der Waals surface area contributed by atoms with E-state index in [0.29, 0.717) is 37.5 Å². The fourth-order valence-electron chi connectivity index (χ4n) is 7.41. The smallest absolute Gasteiger partial charge is 0.0602 e. The summed E-state index contributed by atoms with van der Waals surface area (Å²) in [4.78, 5) is 0. The number of hydrogen-bond acceptors (Lipinski definition) is 3. The normalized spacial score (nSPS) is 45.1. The van der Waals surface area contributed by atoms with Crippen LogP contribution >= 0.6 is 0 Å². The van der Waals surface area contributed by atoms with Crippen molar-refractivity contribution in [2.45, 2.75) is 122 Å². The first-order chi connectivity index (χ1) is 16.6. The largest absolute Gasteiger partial charge is 0.393 e. The van der Waals surface area contributed by atoms with Crippen LogP contribution in [0.5, 0.6) is 0 Å². The van der Waals surface area contributed by atoms with Gasteiger partial charge in [-0.3, -0.25) is 0 Å². The van der Waals surface area contributed by atoms with Gasteiger partial charge in [-0.15, -0.1) is 0 Å². The topological polar surface area (TPSA) is 60.7 Å². The summed E-state index contributed by atoms with van der Waals surface area (Å²) in [5.41, 5.74) is 0.238. The lowest BCUT2D eigenvalue weighted by Crippen LogP contribution is -2.37. The summed E-state index contributed by atoms with van der Waals surface area (Å²) in [6, 6.07) is 0. The van der Waals surface area contributed by atoms with Crippen molar-refractivity contribution in [3.63, 3.8) is 0 Å². The Morgan fingerprint density at radius 2 is 1.83 bits per heavy atom. The first kappa shape index (κ1) is 16.0. The Morgan fingerprint density at radius 3 is 2.50 bits per heavy atom. The van der Waals surface area contributed by atoms with Gasteiger partial charge in [-0.1, -0.05) is 36.6 Å². The molecule has 4 fully saturated rings. The van der Waals surface area contributed by atoms with E-state index in [1.54, 1.807) is 0 Å². The molecule has 4 aliphatic rings. The highest BCUT2D eigenvalue weighted by atomic mass is 16.3. The maximum atomic E-state index is 10.7. The van der Waals surface area contributed by atoms with E-state index in [4.69, 9.17) is 8.22 Å². The number of hydrogen-bond donors (Lipinski definition) is 3. The van der Waals surface area contributed by atoms with Crippen LogP contribution in [0, 0.1) is 22.7 Å². The van der Waals surface area contributed by atoms with Crippen LogP contribution in [-0.2, 0) is 0 Å². The van der Waals surface area contributed by atoms with Gasteiger partial charge >= 0.3 is 0 Å². The zero-order valence-corrected chi connectivity index (χ0v) is 18.5. The molecule has 0 spiro atoms. The molecule has 0 aliphatic heterocycles. The van der Waals surface area contributed by atoms with Gasteiger partial charge in [0.15, 0.2) is 0 Å². The third-order valence-corrected chi connectivity index (χ3v) is 8.88. The van der Waals surface area contributed by atoms with Crippen molar-refractivity contribution in [3.8, 4) is 0 Å². The summed E-state index contributed by atoms with van der Waals surface area (Å²) in [5, 5.41) is 30.7. The lowest BCUT2D eigenvalue weighted by atomic mass is 9.59. The summed E-state index contributed by atoms with van der Waals surface area (Å²) < 4.78 is 45.9. The molecule has 4 rings (SSSR count). The Balaban J connectivity index is 1.45. The maximum absolute atomic E-state index is 10.7. The van der Waals surface area contributed by atoms with Gasteiger partial charge in [0.25, 0.3) is 0 Å². The molecule has 0 saturated heterocycles. The fourth-order valence-corrected chi connectivity index (χ4v) is 7.41. The average molecular weight is 423 g/mol. The summed E-state index contributed by atoms with van der Waals surface area (Å²) in [6.45, 7) is -3.46. The van der Waals surface area contributed by atoms with Crippen LogP contribution in [0.15, 0.2) is 23.3 Å².